The van der Waals surface area contributed by atoms with Gasteiger partial charge in [-0.25, -0.2) is 8.42 Å². The predicted octanol–water partition coefficient (Wildman–Crippen LogP) is 3.96. The molecule has 0 spiro atoms. The summed E-state index contributed by atoms with van der Waals surface area (Å²) in [6, 6.07) is 9.58. The zero-order valence-corrected chi connectivity index (χ0v) is 15.8. The second kappa shape index (κ2) is 6.39. The number of anilines is 1. The third-order valence-corrected chi connectivity index (χ3v) is 6.42. The molecule has 1 fully saturated rings. The summed E-state index contributed by atoms with van der Waals surface area (Å²) < 4.78 is 30.6. The Labute approximate surface area is 153 Å². The molecule has 2 heterocycles. The van der Waals surface area contributed by atoms with E-state index in [2.05, 4.69) is 14.8 Å². The number of aryl methyl sites for hydroxylation is 2. The maximum Gasteiger partial charge on any atom is 0.265 e. The summed E-state index contributed by atoms with van der Waals surface area (Å²) in [4.78, 5) is 4.70. The number of nitrogens with one attached hydrogen (secondary N) is 1. The molecule has 0 saturated heterocycles. The van der Waals surface area contributed by atoms with Gasteiger partial charge in [0.25, 0.3) is 10.0 Å². The monoisotopic (exact) mass is 370 g/mol. The molecule has 2 aromatic heterocycles. The fourth-order valence-electron chi connectivity index (χ4n) is 3.68. The third-order valence-electron chi connectivity index (χ3n) is 4.95. The third kappa shape index (κ3) is 3.07. The molecule has 1 saturated carbocycles. The Kier molecular flexibility index (Phi) is 4.19. The van der Waals surface area contributed by atoms with Gasteiger partial charge in [0, 0.05) is 17.3 Å². The molecular formula is C19H22N4O2S. The van der Waals surface area contributed by atoms with Gasteiger partial charge in [0.1, 0.15) is 4.90 Å². The summed E-state index contributed by atoms with van der Waals surface area (Å²) in [5.74, 6) is 0. The molecule has 1 aliphatic carbocycles. The zero-order chi connectivity index (χ0) is 18.3. The van der Waals surface area contributed by atoms with Crippen molar-refractivity contribution in [3.63, 3.8) is 0 Å². The molecular weight excluding hydrogens is 348 g/mol. The van der Waals surface area contributed by atoms with Gasteiger partial charge in [0.15, 0.2) is 0 Å². The van der Waals surface area contributed by atoms with Gasteiger partial charge in [-0.3, -0.25) is 14.4 Å². The van der Waals surface area contributed by atoms with Crippen LogP contribution in [0.4, 0.5) is 5.69 Å². The molecule has 0 bridgehead atoms. The first-order chi connectivity index (χ1) is 12.4. The van der Waals surface area contributed by atoms with Crippen LogP contribution in [0.15, 0.2) is 41.4 Å². The van der Waals surface area contributed by atoms with Crippen LogP contribution in [0.5, 0.6) is 0 Å². The molecule has 7 heteroatoms. The van der Waals surface area contributed by atoms with Gasteiger partial charge in [-0.15, -0.1) is 0 Å². The Morgan fingerprint density at radius 1 is 1.15 bits per heavy atom. The van der Waals surface area contributed by atoms with E-state index < -0.39 is 10.0 Å². The fraction of sp³-hybridized carbons (Fsp3) is 0.368. The minimum Gasteiger partial charge on any atom is -0.279 e. The molecule has 3 aromatic rings. The number of benzene rings is 1. The maximum atomic E-state index is 13.0. The minimum absolute atomic E-state index is 0.239. The number of pyridine rings is 1. The van der Waals surface area contributed by atoms with Crippen molar-refractivity contribution in [1.29, 1.82) is 0 Å². The van der Waals surface area contributed by atoms with Crippen LogP contribution in [0.1, 0.15) is 43.1 Å². The average molecular weight is 370 g/mol. The summed E-state index contributed by atoms with van der Waals surface area (Å²) >= 11 is 0. The molecule has 0 atom stereocenters. The van der Waals surface area contributed by atoms with E-state index in [1.807, 2.05) is 35.9 Å². The fourth-order valence-corrected chi connectivity index (χ4v) is 4.92. The first-order valence-corrected chi connectivity index (χ1v) is 10.4. The van der Waals surface area contributed by atoms with Crippen LogP contribution in [0, 0.1) is 13.8 Å². The summed E-state index contributed by atoms with van der Waals surface area (Å²) in [5.41, 5.74) is 2.60. The molecule has 4 rings (SSSR count). The molecule has 0 amide bonds. The van der Waals surface area contributed by atoms with E-state index in [-0.39, 0.29) is 4.90 Å². The predicted molar refractivity (Wildman–Crippen MR) is 102 cm³/mol. The smallest absolute Gasteiger partial charge is 0.265 e. The lowest BCUT2D eigenvalue weighted by atomic mass is 10.2. The van der Waals surface area contributed by atoms with Crippen molar-refractivity contribution in [2.45, 2.75) is 50.5 Å². The summed E-state index contributed by atoms with van der Waals surface area (Å²) in [6.45, 7) is 3.60. The minimum atomic E-state index is -3.72. The van der Waals surface area contributed by atoms with Crippen LogP contribution in [0.25, 0.3) is 10.9 Å². The van der Waals surface area contributed by atoms with Crippen LogP contribution in [0.2, 0.25) is 0 Å². The maximum absolute atomic E-state index is 13.0. The van der Waals surface area contributed by atoms with Gasteiger partial charge in [0.2, 0.25) is 0 Å². The van der Waals surface area contributed by atoms with Gasteiger partial charge >= 0.3 is 0 Å². The van der Waals surface area contributed by atoms with Crippen LogP contribution in [-0.2, 0) is 10.0 Å². The van der Waals surface area contributed by atoms with E-state index in [0.717, 1.165) is 29.4 Å². The van der Waals surface area contributed by atoms with Gasteiger partial charge in [0.05, 0.1) is 22.9 Å². The van der Waals surface area contributed by atoms with Crippen molar-refractivity contribution in [1.82, 2.24) is 14.8 Å². The number of rotatable bonds is 4. The van der Waals surface area contributed by atoms with Gasteiger partial charge in [-0.2, -0.15) is 5.10 Å². The van der Waals surface area contributed by atoms with E-state index in [0.29, 0.717) is 17.4 Å². The topological polar surface area (TPSA) is 76.9 Å². The van der Waals surface area contributed by atoms with Crippen molar-refractivity contribution in [2.24, 2.45) is 0 Å². The SMILES string of the molecule is Cc1cc(NS(=O)(=O)c2cn(C3CCCC3)nc2C)c2ccccc2n1. The quantitative estimate of drug-likeness (QED) is 0.754. The lowest BCUT2D eigenvalue weighted by molar-refractivity contribution is 0.464. The number of para-hydroxylation sites is 1. The Bertz CT molecular complexity index is 1070. The number of aromatic nitrogens is 3. The highest BCUT2D eigenvalue weighted by Crippen LogP contribution is 2.31. The zero-order valence-electron chi connectivity index (χ0n) is 14.9. The van der Waals surface area contributed by atoms with Crippen LogP contribution in [0.3, 0.4) is 0 Å². The number of fused-ring (bicyclic) bond motifs is 1. The first kappa shape index (κ1) is 17.0. The Morgan fingerprint density at radius 2 is 1.88 bits per heavy atom. The van der Waals surface area contributed by atoms with Crippen molar-refractivity contribution in [3.8, 4) is 0 Å². The largest absolute Gasteiger partial charge is 0.279 e. The first-order valence-electron chi connectivity index (χ1n) is 8.89. The van der Waals surface area contributed by atoms with E-state index in [4.69, 9.17) is 0 Å². The lowest BCUT2D eigenvalue weighted by Crippen LogP contribution is -2.14. The molecule has 1 aliphatic rings. The lowest BCUT2D eigenvalue weighted by Gasteiger charge is -2.11. The van der Waals surface area contributed by atoms with E-state index in [1.165, 1.54) is 12.8 Å². The van der Waals surface area contributed by atoms with E-state index >= 15 is 0 Å². The molecule has 1 aromatic carbocycles. The highest BCUT2D eigenvalue weighted by atomic mass is 32.2. The van der Waals surface area contributed by atoms with Gasteiger partial charge in [-0.05, 0) is 38.8 Å². The Balaban J connectivity index is 1.72. The number of hydrogen-bond donors (Lipinski definition) is 1. The molecule has 0 radical (unpaired) electrons. The Hall–Kier alpha value is -2.41. The number of sulfonamides is 1. The normalized spacial score (nSPS) is 15.6. The second-order valence-corrected chi connectivity index (χ2v) is 8.58. The van der Waals surface area contributed by atoms with E-state index in [9.17, 15) is 8.42 Å². The van der Waals surface area contributed by atoms with Crippen molar-refractivity contribution in [2.75, 3.05) is 4.72 Å². The molecule has 0 unspecified atom stereocenters. The standard InChI is InChI=1S/C19H22N4O2S/c1-13-11-18(16-9-5-6-10-17(16)20-13)22-26(24,25)19-12-23(21-14(19)2)15-7-3-4-8-15/h5-6,9-12,15H,3-4,7-8H2,1-2H3,(H,20,22). The number of hydrogen-bond acceptors (Lipinski definition) is 4. The van der Waals surface area contributed by atoms with Crippen LogP contribution < -0.4 is 4.72 Å². The van der Waals surface area contributed by atoms with Gasteiger partial charge < -0.3 is 0 Å². The highest BCUT2D eigenvalue weighted by Gasteiger charge is 2.25. The van der Waals surface area contributed by atoms with Crippen molar-refractivity contribution in [3.05, 3.63) is 47.9 Å². The Morgan fingerprint density at radius 3 is 2.65 bits per heavy atom. The highest BCUT2D eigenvalue weighted by molar-refractivity contribution is 7.92. The molecule has 0 aliphatic heterocycles. The molecule has 26 heavy (non-hydrogen) atoms. The molecule has 136 valence electrons. The van der Waals surface area contributed by atoms with Crippen molar-refractivity contribution < 1.29 is 8.42 Å². The van der Waals surface area contributed by atoms with Gasteiger partial charge in [-0.1, -0.05) is 31.0 Å². The second-order valence-electron chi connectivity index (χ2n) is 6.93. The average Bonchev–Trinajstić information content (AvgIpc) is 3.24. The van der Waals surface area contributed by atoms with Crippen LogP contribution >= 0.6 is 0 Å². The summed E-state index contributed by atoms with van der Waals surface area (Å²) in [6.07, 6.45) is 6.13. The molecule has 1 N–H and O–H groups in total. The molecule has 6 nitrogen and oxygen atoms in total. The summed E-state index contributed by atoms with van der Waals surface area (Å²) in [5, 5.41) is 5.25. The van der Waals surface area contributed by atoms with E-state index in [1.54, 1.807) is 19.2 Å². The van der Waals surface area contributed by atoms with Crippen LogP contribution in [-0.4, -0.2) is 23.2 Å². The summed E-state index contributed by atoms with van der Waals surface area (Å²) in [7, 11) is -3.72. The van der Waals surface area contributed by atoms with Crippen molar-refractivity contribution >= 4 is 26.6 Å². The number of nitrogens with zero attached hydrogens (tertiary/aromatic N) is 3.